The number of nitrogens with two attached hydrogens (primary N) is 1. The van der Waals surface area contributed by atoms with Gasteiger partial charge in [-0.1, -0.05) is 37.3 Å². The summed E-state index contributed by atoms with van der Waals surface area (Å²) in [6.45, 7) is 3.54. The highest BCUT2D eigenvalue weighted by Crippen LogP contribution is 2.34. The van der Waals surface area contributed by atoms with Gasteiger partial charge in [-0.3, -0.25) is 14.6 Å². The average Bonchev–Trinajstić information content (AvgIpc) is 3.46. The summed E-state index contributed by atoms with van der Waals surface area (Å²) in [7, 11) is -3.73. The van der Waals surface area contributed by atoms with Crippen molar-refractivity contribution < 1.29 is 50.1 Å². The predicted octanol–water partition coefficient (Wildman–Crippen LogP) is 7.10. The first-order valence-electron chi connectivity index (χ1n) is 21.3. The standard InChI is InChI=1S/C47H49F4N7O7S/c1-2-16-57(47(61)35-21-34-13-12-33(23-40(34)56-41(53)24-35)32-8-4-10-37(22-32)66(62,63)58-27-31(28-58)29-59)17-6-15-54-42(55-36-9-3-7-30(20-36)26-52)11-5-18-64-19-14-43(60)65-46-44(50)38(48)25-39(49)45(46)51/h3-4,7-10,12-13,20-23,25,31,59H,2,5-6,11,14-19,24,27-29H2,1H3,(H2,53,56)(H,54,55). The molecule has 6 rings (SSSR count). The third kappa shape index (κ3) is 12.5. The molecule has 4 aromatic carbocycles. The minimum Gasteiger partial charge on any atom is -0.420 e. The third-order valence-corrected chi connectivity index (χ3v) is 12.5. The number of amidine groups is 2. The summed E-state index contributed by atoms with van der Waals surface area (Å²) in [4.78, 5) is 37.5. The lowest BCUT2D eigenvalue weighted by Crippen LogP contribution is -2.51. The monoisotopic (exact) mass is 931 g/mol. The molecule has 0 unspecified atom stereocenters. The number of ether oxygens (including phenoxy) is 2. The number of carbonyl (C=O) groups is 2. The molecule has 0 radical (unpaired) electrons. The van der Waals surface area contributed by atoms with E-state index in [2.05, 4.69) is 21.1 Å². The predicted molar refractivity (Wildman–Crippen MR) is 240 cm³/mol. The Bertz CT molecular complexity index is 2660. The van der Waals surface area contributed by atoms with Crippen LogP contribution in [0.4, 0.5) is 28.9 Å². The Labute approximate surface area is 380 Å². The van der Waals surface area contributed by atoms with Gasteiger partial charge < -0.3 is 30.5 Å². The summed E-state index contributed by atoms with van der Waals surface area (Å²) in [5, 5.41) is 22.0. The van der Waals surface area contributed by atoms with Crippen molar-refractivity contribution in [2.24, 2.45) is 21.6 Å². The number of nitrogens with one attached hydrogen (secondary N) is 1. The first kappa shape index (κ1) is 49.0. The van der Waals surface area contributed by atoms with E-state index in [0.717, 1.165) is 0 Å². The summed E-state index contributed by atoms with van der Waals surface area (Å²) in [5.41, 5.74) is 10.5. The van der Waals surface area contributed by atoms with Crippen molar-refractivity contribution in [1.82, 2.24) is 9.21 Å². The van der Waals surface area contributed by atoms with E-state index in [0.29, 0.717) is 90.4 Å². The van der Waals surface area contributed by atoms with Crippen LogP contribution in [0.15, 0.2) is 93.2 Å². The molecule has 66 heavy (non-hydrogen) atoms. The van der Waals surface area contributed by atoms with Crippen molar-refractivity contribution in [1.29, 1.82) is 5.26 Å². The number of halogens is 4. The van der Waals surface area contributed by atoms with Gasteiger partial charge in [0, 0.05) is 87.6 Å². The largest absolute Gasteiger partial charge is 0.420 e. The number of sulfonamides is 1. The number of nitrogens with zero attached hydrogens (tertiary/aromatic N) is 5. The fraction of sp³-hybridized carbons (Fsp3) is 0.340. The van der Waals surface area contributed by atoms with Crippen molar-refractivity contribution in [2.75, 3.05) is 57.9 Å². The zero-order chi connectivity index (χ0) is 47.4. The highest BCUT2D eigenvalue weighted by Gasteiger charge is 2.36. The first-order valence-corrected chi connectivity index (χ1v) is 22.7. The van der Waals surface area contributed by atoms with Crippen LogP contribution in [0.5, 0.6) is 5.75 Å². The summed E-state index contributed by atoms with van der Waals surface area (Å²) < 4.78 is 92.5. The average molecular weight is 932 g/mol. The number of amides is 1. The van der Waals surface area contributed by atoms with Crippen molar-refractivity contribution in [3.8, 4) is 22.9 Å². The maximum atomic E-state index is 14.1. The number of nitriles is 1. The Balaban J connectivity index is 1.06. The second-order valence-corrected chi connectivity index (χ2v) is 17.6. The van der Waals surface area contributed by atoms with Gasteiger partial charge >= 0.3 is 5.97 Å². The van der Waals surface area contributed by atoms with E-state index in [1.807, 2.05) is 25.1 Å². The van der Waals surface area contributed by atoms with Gasteiger partial charge in [0.1, 0.15) is 11.7 Å². The topological polar surface area (TPSA) is 200 Å². The van der Waals surface area contributed by atoms with Gasteiger partial charge in [0.05, 0.1) is 35.2 Å². The number of rotatable bonds is 20. The van der Waals surface area contributed by atoms with E-state index in [1.165, 1.54) is 4.31 Å². The van der Waals surface area contributed by atoms with Crippen LogP contribution in [0.3, 0.4) is 0 Å². The number of benzene rings is 4. The number of anilines is 1. The molecule has 0 spiro atoms. The lowest BCUT2D eigenvalue weighted by Gasteiger charge is -2.36. The van der Waals surface area contributed by atoms with Gasteiger partial charge in [0.15, 0.2) is 11.6 Å². The maximum Gasteiger partial charge on any atom is 0.313 e. The highest BCUT2D eigenvalue weighted by molar-refractivity contribution is 7.89. The van der Waals surface area contributed by atoms with Gasteiger partial charge in [-0.25, -0.2) is 22.2 Å². The molecular weight excluding hydrogens is 883 g/mol. The van der Waals surface area contributed by atoms with Crippen molar-refractivity contribution in [3.05, 3.63) is 113 Å². The molecule has 19 heteroatoms. The van der Waals surface area contributed by atoms with Crippen LogP contribution in [0.1, 0.15) is 56.6 Å². The molecule has 4 aromatic rings. The molecule has 0 aromatic heterocycles. The molecule has 2 aliphatic rings. The summed E-state index contributed by atoms with van der Waals surface area (Å²) in [6, 6.07) is 21.0. The molecule has 0 aliphatic carbocycles. The van der Waals surface area contributed by atoms with E-state index in [9.17, 15) is 45.9 Å². The molecule has 1 amide bonds. The second-order valence-electron chi connectivity index (χ2n) is 15.7. The minimum atomic E-state index is -3.73. The van der Waals surface area contributed by atoms with Crippen molar-refractivity contribution >= 4 is 51.0 Å². The molecule has 1 saturated heterocycles. The Morgan fingerprint density at radius 2 is 1.71 bits per heavy atom. The van der Waals surface area contributed by atoms with Crippen molar-refractivity contribution in [2.45, 2.75) is 50.3 Å². The van der Waals surface area contributed by atoms with Crippen LogP contribution in [0.2, 0.25) is 0 Å². The molecule has 2 aliphatic heterocycles. The molecule has 14 nitrogen and oxygen atoms in total. The van der Waals surface area contributed by atoms with Gasteiger partial charge in [-0.15, -0.1) is 0 Å². The molecule has 4 N–H and O–H groups in total. The van der Waals surface area contributed by atoms with Crippen LogP contribution >= 0.6 is 0 Å². The normalized spacial score (nSPS) is 14.3. The summed E-state index contributed by atoms with van der Waals surface area (Å²) in [5.74, 6) is -9.15. The highest BCUT2D eigenvalue weighted by atomic mass is 32.2. The fourth-order valence-electron chi connectivity index (χ4n) is 7.21. The van der Waals surface area contributed by atoms with Crippen LogP contribution < -0.4 is 15.8 Å². The van der Waals surface area contributed by atoms with Gasteiger partial charge in [0.25, 0.3) is 0 Å². The van der Waals surface area contributed by atoms with Gasteiger partial charge in [-0.2, -0.15) is 18.3 Å². The Morgan fingerprint density at radius 1 is 0.970 bits per heavy atom. The number of aliphatic hydroxyl groups excluding tert-OH is 1. The van der Waals surface area contributed by atoms with Crippen LogP contribution in [-0.4, -0.2) is 98.8 Å². The van der Waals surface area contributed by atoms with Crippen LogP contribution in [0.25, 0.3) is 17.2 Å². The summed E-state index contributed by atoms with van der Waals surface area (Å²) >= 11 is 0. The van der Waals surface area contributed by atoms with Crippen LogP contribution in [-0.2, 0) is 24.3 Å². The number of aliphatic imine (C=N–C) groups is 2. The molecule has 0 atom stereocenters. The van der Waals surface area contributed by atoms with E-state index in [1.54, 1.807) is 59.5 Å². The SMILES string of the molecule is CCCN(CCCN=C(CCCOCCC(=O)Oc1c(F)c(F)cc(F)c1F)Nc1cccc(C#N)c1)C(=O)C1=Cc2ccc(-c3cccc(S(=O)(=O)N4CC(CO)C4)c3)cc2N=C(N)C1. The number of hydrogen-bond donors (Lipinski definition) is 3. The first-order chi connectivity index (χ1) is 31.7. The maximum absolute atomic E-state index is 14.1. The number of carbonyl (C=O) groups excluding carboxylic acids is 2. The fourth-order valence-corrected chi connectivity index (χ4v) is 8.85. The molecular formula is C47H49F4N7O7S. The van der Waals surface area contributed by atoms with Crippen molar-refractivity contribution in [3.63, 3.8) is 0 Å². The molecule has 2 heterocycles. The Kier molecular flexibility index (Phi) is 16.8. The van der Waals surface area contributed by atoms with Gasteiger partial charge in [-0.05, 0) is 72.9 Å². The Hall–Kier alpha value is -6.46. The smallest absolute Gasteiger partial charge is 0.313 e. The zero-order valence-corrected chi connectivity index (χ0v) is 36.9. The van der Waals surface area contributed by atoms with E-state index in [4.69, 9.17) is 15.5 Å². The van der Waals surface area contributed by atoms with Crippen LogP contribution in [0, 0.1) is 40.5 Å². The summed E-state index contributed by atoms with van der Waals surface area (Å²) in [6.07, 6.45) is 3.42. The minimum absolute atomic E-state index is 0.00748. The molecule has 0 bridgehead atoms. The van der Waals surface area contributed by atoms with E-state index in [-0.39, 0.29) is 68.0 Å². The van der Waals surface area contributed by atoms with E-state index < -0.39 is 51.4 Å². The quantitative estimate of drug-likeness (QED) is 0.0156. The lowest BCUT2D eigenvalue weighted by molar-refractivity contribution is -0.136. The van der Waals surface area contributed by atoms with E-state index >= 15 is 0 Å². The van der Waals surface area contributed by atoms with Gasteiger partial charge in [0.2, 0.25) is 33.3 Å². The lowest BCUT2D eigenvalue weighted by atomic mass is 10.0. The molecule has 1 fully saturated rings. The number of fused-ring (bicyclic) bond motifs is 1. The molecule has 348 valence electrons. The Morgan fingerprint density at radius 3 is 2.44 bits per heavy atom. The third-order valence-electron chi connectivity index (χ3n) is 10.6. The zero-order valence-electron chi connectivity index (χ0n) is 36.1. The number of hydrogen-bond acceptors (Lipinski definition) is 11. The molecule has 0 saturated carbocycles. The second kappa shape index (κ2) is 22.6. The number of esters is 1. The number of aliphatic hydroxyl groups is 1.